The van der Waals surface area contributed by atoms with Crippen LogP contribution in [0, 0.1) is 18.8 Å². The van der Waals surface area contributed by atoms with Gasteiger partial charge in [-0.2, -0.15) is 0 Å². The average Bonchev–Trinajstić information content (AvgIpc) is 2.45. The van der Waals surface area contributed by atoms with Gasteiger partial charge in [0.25, 0.3) is 5.91 Å². The quantitative estimate of drug-likeness (QED) is 0.888. The van der Waals surface area contributed by atoms with E-state index in [0.29, 0.717) is 11.5 Å². The molecule has 20 heavy (non-hydrogen) atoms. The molecule has 2 rings (SSSR count). The molecule has 0 aromatic carbocycles. The number of aryl methyl sites for hydroxylation is 1. The summed E-state index contributed by atoms with van der Waals surface area (Å²) in [7, 11) is 1.81. The van der Waals surface area contributed by atoms with Crippen molar-refractivity contribution in [3.05, 3.63) is 23.4 Å². The van der Waals surface area contributed by atoms with Crippen molar-refractivity contribution in [3.8, 4) is 0 Å². The maximum Gasteiger partial charge on any atom is 0.251 e. The van der Waals surface area contributed by atoms with Gasteiger partial charge in [-0.15, -0.1) is 0 Å². The third kappa shape index (κ3) is 3.71. The molecule has 0 radical (unpaired) electrons. The average molecular weight is 275 g/mol. The number of hydrogen-bond acceptors (Lipinski definition) is 3. The Bertz CT molecular complexity index is 473. The highest BCUT2D eigenvalue weighted by molar-refractivity contribution is 5.95. The predicted molar refractivity (Wildman–Crippen MR) is 82.0 cm³/mol. The maximum atomic E-state index is 12.2. The van der Waals surface area contributed by atoms with Gasteiger partial charge in [-0.05, 0) is 37.3 Å². The zero-order valence-electron chi connectivity index (χ0n) is 12.7. The number of amides is 1. The Labute approximate surface area is 121 Å². The Morgan fingerprint density at radius 2 is 2.10 bits per heavy atom. The highest BCUT2D eigenvalue weighted by Crippen LogP contribution is 2.28. The summed E-state index contributed by atoms with van der Waals surface area (Å²) in [4.78, 5) is 16.6. The van der Waals surface area contributed by atoms with Gasteiger partial charge >= 0.3 is 0 Å². The van der Waals surface area contributed by atoms with Crippen LogP contribution in [-0.4, -0.2) is 24.5 Å². The first-order valence-corrected chi connectivity index (χ1v) is 7.55. The molecule has 2 N–H and O–H groups in total. The van der Waals surface area contributed by atoms with Gasteiger partial charge in [0, 0.05) is 24.8 Å². The molecule has 1 aliphatic carbocycles. The number of anilines is 1. The van der Waals surface area contributed by atoms with Gasteiger partial charge in [0.05, 0.1) is 0 Å². The highest BCUT2D eigenvalue weighted by Gasteiger charge is 2.21. The minimum absolute atomic E-state index is 0.00442. The van der Waals surface area contributed by atoms with Crippen LogP contribution in [0.2, 0.25) is 0 Å². The fourth-order valence-electron chi connectivity index (χ4n) is 2.95. The van der Waals surface area contributed by atoms with E-state index in [9.17, 15) is 4.79 Å². The van der Waals surface area contributed by atoms with Crippen LogP contribution in [0.3, 0.4) is 0 Å². The van der Waals surface area contributed by atoms with Crippen LogP contribution in [0.25, 0.3) is 0 Å². The topological polar surface area (TPSA) is 54.0 Å². The lowest BCUT2D eigenvalue weighted by Crippen LogP contribution is -2.33. The van der Waals surface area contributed by atoms with Crippen LogP contribution in [0.4, 0.5) is 5.82 Å². The standard InChI is InChI=1S/C16H25N3O/c1-11-6-4-5-7-13(11)10-18-16(20)14-8-12(2)19-15(9-14)17-3/h8-9,11,13H,4-7,10H2,1-3H3,(H,17,19)(H,18,20). The Kier molecular flexibility index (Phi) is 4.99. The van der Waals surface area contributed by atoms with Crippen molar-refractivity contribution in [1.29, 1.82) is 0 Å². The van der Waals surface area contributed by atoms with Gasteiger partial charge in [0.15, 0.2) is 0 Å². The van der Waals surface area contributed by atoms with Gasteiger partial charge in [0.2, 0.25) is 0 Å². The van der Waals surface area contributed by atoms with E-state index in [1.165, 1.54) is 25.7 Å². The van der Waals surface area contributed by atoms with Crippen LogP contribution in [-0.2, 0) is 0 Å². The summed E-state index contributed by atoms with van der Waals surface area (Å²) < 4.78 is 0. The fourth-order valence-corrected chi connectivity index (χ4v) is 2.95. The minimum Gasteiger partial charge on any atom is -0.373 e. The van der Waals surface area contributed by atoms with E-state index in [1.807, 2.05) is 20.0 Å². The summed E-state index contributed by atoms with van der Waals surface area (Å²) in [5.74, 6) is 2.08. The molecular formula is C16H25N3O. The Balaban J connectivity index is 1.96. The van der Waals surface area contributed by atoms with Crippen molar-refractivity contribution in [1.82, 2.24) is 10.3 Å². The molecule has 1 heterocycles. The largest absolute Gasteiger partial charge is 0.373 e. The van der Waals surface area contributed by atoms with E-state index >= 15 is 0 Å². The number of nitrogens with zero attached hydrogens (tertiary/aromatic N) is 1. The summed E-state index contributed by atoms with van der Waals surface area (Å²) in [5, 5.41) is 6.07. The Morgan fingerprint density at radius 1 is 1.35 bits per heavy atom. The number of nitrogens with one attached hydrogen (secondary N) is 2. The number of pyridine rings is 1. The molecular weight excluding hydrogens is 250 g/mol. The second-order valence-corrected chi connectivity index (χ2v) is 5.86. The summed E-state index contributed by atoms with van der Waals surface area (Å²) in [6, 6.07) is 3.63. The molecule has 2 unspecified atom stereocenters. The van der Waals surface area contributed by atoms with Gasteiger partial charge in [-0.3, -0.25) is 4.79 Å². The molecule has 1 fully saturated rings. The molecule has 0 saturated heterocycles. The number of aromatic nitrogens is 1. The van der Waals surface area contributed by atoms with E-state index in [2.05, 4.69) is 22.5 Å². The number of carbonyl (C=O) groups excluding carboxylic acids is 1. The maximum absolute atomic E-state index is 12.2. The lowest BCUT2D eigenvalue weighted by Gasteiger charge is -2.28. The molecule has 1 aromatic heterocycles. The summed E-state index contributed by atoms with van der Waals surface area (Å²) in [6.07, 6.45) is 5.15. The predicted octanol–water partition coefficient (Wildman–Crippen LogP) is 2.99. The number of hydrogen-bond donors (Lipinski definition) is 2. The molecule has 0 aliphatic heterocycles. The molecule has 1 aromatic rings. The lowest BCUT2D eigenvalue weighted by atomic mass is 9.80. The van der Waals surface area contributed by atoms with Gasteiger partial charge in [0.1, 0.15) is 5.82 Å². The van der Waals surface area contributed by atoms with Crippen LogP contribution in [0.15, 0.2) is 12.1 Å². The molecule has 2 atom stereocenters. The smallest absolute Gasteiger partial charge is 0.251 e. The van der Waals surface area contributed by atoms with E-state index in [0.717, 1.165) is 24.0 Å². The third-order valence-electron chi connectivity index (χ3n) is 4.29. The molecule has 110 valence electrons. The van der Waals surface area contributed by atoms with Crippen LogP contribution >= 0.6 is 0 Å². The van der Waals surface area contributed by atoms with E-state index in [1.54, 1.807) is 6.07 Å². The minimum atomic E-state index is 0.00442. The Morgan fingerprint density at radius 3 is 2.80 bits per heavy atom. The van der Waals surface area contributed by atoms with Crippen molar-refractivity contribution >= 4 is 11.7 Å². The second-order valence-electron chi connectivity index (χ2n) is 5.86. The SMILES string of the molecule is CNc1cc(C(=O)NCC2CCCCC2C)cc(C)n1. The van der Waals surface area contributed by atoms with Crippen LogP contribution in [0.5, 0.6) is 0 Å². The monoisotopic (exact) mass is 275 g/mol. The first-order chi connectivity index (χ1) is 9.60. The second kappa shape index (κ2) is 6.73. The van der Waals surface area contributed by atoms with Gasteiger partial charge < -0.3 is 10.6 Å². The van der Waals surface area contributed by atoms with Gasteiger partial charge in [-0.1, -0.05) is 26.2 Å². The molecule has 1 aliphatic rings. The number of carbonyl (C=O) groups is 1. The number of rotatable bonds is 4. The van der Waals surface area contributed by atoms with E-state index < -0.39 is 0 Å². The van der Waals surface area contributed by atoms with Crippen molar-refractivity contribution in [2.24, 2.45) is 11.8 Å². The summed E-state index contributed by atoms with van der Waals surface area (Å²) in [5.41, 5.74) is 1.54. The van der Waals surface area contributed by atoms with E-state index in [-0.39, 0.29) is 5.91 Å². The normalized spacial score (nSPS) is 22.4. The van der Waals surface area contributed by atoms with Crippen molar-refractivity contribution in [3.63, 3.8) is 0 Å². The van der Waals surface area contributed by atoms with Gasteiger partial charge in [-0.25, -0.2) is 4.98 Å². The zero-order chi connectivity index (χ0) is 14.5. The van der Waals surface area contributed by atoms with E-state index in [4.69, 9.17) is 0 Å². The zero-order valence-corrected chi connectivity index (χ0v) is 12.7. The Hall–Kier alpha value is -1.58. The molecule has 4 nitrogen and oxygen atoms in total. The van der Waals surface area contributed by atoms with Crippen molar-refractivity contribution in [2.75, 3.05) is 18.9 Å². The first kappa shape index (κ1) is 14.8. The third-order valence-corrected chi connectivity index (χ3v) is 4.29. The first-order valence-electron chi connectivity index (χ1n) is 7.55. The van der Waals surface area contributed by atoms with Crippen molar-refractivity contribution < 1.29 is 4.79 Å². The highest BCUT2D eigenvalue weighted by atomic mass is 16.1. The molecule has 0 bridgehead atoms. The van der Waals surface area contributed by atoms with Crippen LogP contribution < -0.4 is 10.6 Å². The molecule has 4 heteroatoms. The molecule has 1 saturated carbocycles. The summed E-state index contributed by atoms with van der Waals surface area (Å²) >= 11 is 0. The summed E-state index contributed by atoms with van der Waals surface area (Å²) in [6.45, 7) is 4.99. The molecule has 0 spiro atoms. The molecule has 1 amide bonds. The lowest BCUT2D eigenvalue weighted by molar-refractivity contribution is 0.0936. The van der Waals surface area contributed by atoms with Crippen molar-refractivity contribution in [2.45, 2.75) is 39.5 Å². The fraction of sp³-hybridized carbons (Fsp3) is 0.625. The van der Waals surface area contributed by atoms with Crippen LogP contribution in [0.1, 0.15) is 48.7 Å².